The van der Waals surface area contributed by atoms with E-state index in [1.807, 2.05) is 0 Å². The van der Waals surface area contributed by atoms with Crippen molar-refractivity contribution in [3.63, 3.8) is 0 Å². The molecule has 1 aromatic heterocycles. The van der Waals surface area contributed by atoms with Crippen molar-refractivity contribution in [1.82, 2.24) is 9.29 Å². The van der Waals surface area contributed by atoms with Crippen LogP contribution in [0.15, 0.2) is 41.4 Å². The molecule has 0 atom stereocenters. The molecule has 0 aliphatic carbocycles. The predicted octanol–water partition coefficient (Wildman–Crippen LogP) is 2.04. The first-order valence-corrected chi connectivity index (χ1v) is 8.26. The van der Waals surface area contributed by atoms with Crippen LogP contribution in [-0.4, -0.2) is 29.8 Å². The highest BCUT2D eigenvalue weighted by Crippen LogP contribution is 2.29. The van der Waals surface area contributed by atoms with Crippen LogP contribution in [0.25, 0.3) is 0 Å². The number of carbonyl (C=O) groups is 1. The maximum Gasteiger partial charge on any atom is 0.290 e. The fraction of sp³-hybridized carbons (Fsp3) is 0.154. The van der Waals surface area contributed by atoms with Gasteiger partial charge in [0.15, 0.2) is 4.90 Å². The predicted molar refractivity (Wildman–Crippen MR) is 83.1 cm³/mol. The molecule has 0 unspecified atom stereocenters. The second-order valence-corrected chi connectivity index (χ2v) is 6.64. The van der Waals surface area contributed by atoms with E-state index < -0.39 is 31.4 Å². The molecule has 8 nitrogen and oxygen atoms in total. The van der Waals surface area contributed by atoms with Gasteiger partial charge in [0.25, 0.3) is 21.6 Å². The van der Waals surface area contributed by atoms with E-state index >= 15 is 0 Å². The van der Waals surface area contributed by atoms with Gasteiger partial charge >= 0.3 is 0 Å². The summed E-state index contributed by atoms with van der Waals surface area (Å²) in [5.74, 6) is -0.606. The highest BCUT2D eigenvalue weighted by molar-refractivity contribution is 7.90. The Morgan fingerprint density at radius 2 is 2.09 bits per heavy atom. The number of rotatable bonds is 5. The first-order valence-electron chi connectivity index (χ1n) is 6.44. The Morgan fingerprint density at radius 1 is 1.39 bits per heavy atom. The first kappa shape index (κ1) is 17.0. The number of aromatic nitrogens is 1. The van der Waals surface area contributed by atoms with E-state index in [0.29, 0.717) is 10.5 Å². The zero-order chi connectivity index (χ0) is 17.2. The van der Waals surface area contributed by atoms with Gasteiger partial charge in [-0.1, -0.05) is 11.6 Å². The summed E-state index contributed by atoms with van der Waals surface area (Å²) in [4.78, 5) is 21.6. The van der Waals surface area contributed by atoms with Crippen LogP contribution in [0.1, 0.15) is 17.4 Å². The molecule has 23 heavy (non-hydrogen) atoms. The lowest BCUT2D eigenvalue weighted by molar-refractivity contribution is -0.387. The maximum absolute atomic E-state index is 12.7. The molecule has 0 bridgehead atoms. The Kier molecular flexibility index (Phi) is 4.71. The summed E-state index contributed by atoms with van der Waals surface area (Å²) < 4.78 is 26.1. The molecular weight excluding hydrogens is 346 g/mol. The van der Waals surface area contributed by atoms with Crippen molar-refractivity contribution in [3.8, 4) is 0 Å². The molecule has 0 saturated heterocycles. The normalized spacial score (nSPS) is 11.2. The molecule has 1 N–H and O–H groups in total. The molecule has 1 amide bonds. The largest absolute Gasteiger partial charge is 0.351 e. The van der Waals surface area contributed by atoms with Gasteiger partial charge in [-0.15, -0.1) is 0 Å². The van der Waals surface area contributed by atoms with Crippen LogP contribution in [0, 0.1) is 10.1 Å². The van der Waals surface area contributed by atoms with Crippen molar-refractivity contribution in [3.05, 3.63) is 57.4 Å². The Hall–Kier alpha value is -2.39. The summed E-state index contributed by atoms with van der Waals surface area (Å²) in [7, 11) is -4.36. The minimum Gasteiger partial charge on any atom is -0.351 e. The lowest BCUT2D eigenvalue weighted by Gasteiger charge is -2.10. The van der Waals surface area contributed by atoms with Gasteiger partial charge in [0.1, 0.15) is 5.69 Å². The summed E-state index contributed by atoms with van der Waals surface area (Å²) in [6.07, 6.45) is 1.14. The van der Waals surface area contributed by atoms with E-state index in [9.17, 15) is 23.3 Å². The van der Waals surface area contributed by atoms with Crippen LogP contribution < -0.4 is 5.32 Å². The lowest BCUT2D eigenvalue weighted by Crippen LogP contribution is -2.27. The fourth-order valence-electron chi connectivity index (χ4n) is 1.95. The molecule has 2 aromatic rings. The SMILES string of the molecule is CCNC(=O)c1cccn1S(=O)(=O)c1cc(Cl)ccc1[N+](=O)[O-]. The van der Waals surface area contributed by atoms with Crippen molar-refractivity contribution >= 4 is 33.2 Å². The standard InChI is InChI=1S/C13H12ClN3O5S/c1-2-15-13(18)11-4-3-7-16(11)23(21,22)12-8-9(14)5-6-10(12)17(19)20/h3-8H,2H2,1H3,(H,15,18). The molecule has 2 rings (SSSR count). The second-order valence-electron chi connectivity index (χ2n) is 4.42. The Bertz CT molecular complexity index is 875. The van der Waals surface area contributed by atoms with E-state index in [1.54, 1.807) is 6.92 Å². The van der Waals surface area contributed by atoms with Crippen molar-refractivity contribution in [2.45, 2.75) is 11.8 Å². The quantitative estimate of drug-likeness (QED) is 0.650. The maximum atomic E-state index is 12.7. The third kappa shape index (κ3) is 3.20. The molecule has 1 heterocycles. The Morgan fingerprint density at radius 3 is 2.70 bits per heavy atom. The molecule has 0 fully saturated rings. The van der Waals surface area contributed by atoms with E-state index in [2.05, 4.69) is 5.32 Å². The molecular formula is C13H12ClN3O5S. The highest BCUT2D eigenvalue weighted by Gasteiger charge is 2.30. The van der Waals surface area contributed by atoms with Gasteiger partial charge in [-0.3, -0.25) is 14.9 Å². The lowest BCUT2D eigenvalue weighted by atomic mass is 10.3. The molecule has 0 aliphatic rings. The average Bonchev–Trinajstić information content (AvgIpc) is 2.97. The van der Waals surface area contributed by atoms with Crippen LogP contribution in [0.4, 0.5) is 5.69 Å². The molecule has 0 saturated carbocycles. The van der Waals surface area contributed by atoms with Crippen LogP contribution in [0.5, 0.6) is 0 Å². The minimum absolute atomic E-state index is 0.0286. The third-order valence-electron chi connectivity index (χ3n) is 2.94. The van der Waals surface area contributed by atoms with Gasteiger partial charge in [0, 0.05) is 23.8 Å². The molecule has 0 spiro atoms. The fourth-order valence-corrected chi connectivity index (χ4v) is 3.72. The van der Waals surface area contributed by atoms with Crippen LogP contribution >= 0.6 is 11.6 Å². The number of benzene rings is 1. The molecule has 0 aliphatic heterocycles. The molecule has 0 radical (unpaired) electrons. The van der Waals surface area contributed by atoms with E-state index in [1.165, 1.54) is 18.2 Å². The summed E-state index contributed by atoms with van der Waals surface area (Å²) >= 11 is 5.77. The minimum atomic E-state index is -4.36. The van der Waals surface area contributed by atoms with Gasteiger partial charge in [-0.05, 0) is 31.2 Å². The smallest absolute Gasteiger partial charge is 0.290 e. The van der Waals surface area contributed by atoms with E-state index in [4.69, 9.17) is 11.6 Å². The van der Waals surface area contributed by atoms with Crippen molar-refractivity contribution < 1.29 is 18.1 Å². The van der Waals surface area contributed by atoms with Crippen LogP contribution in [0.2, 0.25) is 5.02 Å². The number of hydrogen-bond acceptors (Lipinski definition) is 5. The first-order chi connectivity index (χ1) is 10.8. The highest BCUT2D eigenvalue weighted by atomic mass is 35.5. The van der Waals surface area contributed by atoms with Gasteiger partial charge in [-0.25, -0.2) is 12.4 Å². The van der Waals surface area contributed by atoms with Crippen molar-refractivity contribution in [2.24, 2.45) is 0 Å². The van der Waals surface area contributed by atoms with E-state index in [-0.39, 0.29) is 10.7 Å². The molecule has 122 valence electrons. The summed E-state index contributed by atoms with van der Waals surface area (Å²) in [6.45, 7) is 1.99. The zero-order valence-corrected chi connectivity index (χ0v) is 13.5. The van der Waals surface area contributed by atoms with Gasteiger partial charge in [-0.2, -0.15) is 0 Å². The number of nitro groups is 1. The van der Waals surface area contributed by atoms with Gasteiger partial charge in [0.05, 0.1) is 4.92 Å². The topological polar surface area (TPSA) is 111 Å². The number of nitrogens with one attached hydrogen (secondary N) is 1. The molecule has 1 aromatic carbocycles. The molecule has 10 heteroatoms. The second kappa shape index (κ2) is 6.39. The number of halogens is 1. The average molecular weight is 358 g/mol. The van der Waals surface area contributed by atoms with Crippen molar-refractivity contribution in [1.29, 1.82) is 0 Å². The van der Waals surface area contributed by atoms with Crippen molar-refractivity contribution in [2.75, 3.05) is 6.54 Å². The van der Waals surface area contributed by atoms with Gasteiger partial charge in [0.2, 0.25) is 0 Å². The monoisotopic (exact) mass is 357 g/mol. The summed E-state index contributed by atoms with van der Waals surface area (Å²) in [6, 6.07) is 5.87. The number of amides is 1. The number of hydrogen-bond donors (Lipinski definition) is 1. The summed E-state index contributed by atoms with van der Waals surface area (Å²) in [5, 5.41) is 13.6. The van der Waals surface area contributed by atoms with Crippen LogP contribution in [-0.2, 0) is 10.0 Å². The summed E-state index contributed by atoms with van der Waals surface area (Å²) in [5.41, 5.74) is -0.772. The van der Waals surface area contributed by atoms with E-state index in [0.717, 1.165) is 18.3 Å². The number of carbonyl (C=O) groups excluding carboxylic acids is 1. The Labute approximate surface area is 136 Å². The van der Waals surface area contributed by atoms with Crippen LogP contribution in [0.3, 0.4) is 0 Å². The number of nitrogens with zero attached hydrogens (tertiary/aromatic N) is 2. The van der Waals surface area contributed by atoms with Gasteiger partial charge < -0.3 is 5.32 Å². The zero-order valence-electron chi connectivity index (χ0n) is 11.9. The Balaban J connectivity index is 2.66. The third-order valence-corrected chi connectivity index (χ3v) is 4.89. The number of nitro benzene ring substituents is 1.